The van der Waals surface area contributed by atoms with E-state index in [4.69, 9.17) is 4.74 Å². The van der Waals surface area contributed by atoms with Gasteiger partial charge in [0, 0.05) is 12.3 Å². The zero-order valence-electron chi connectivity index (χ0n) is 11.0. The molecule has 0 unspecified atom stereocenters. The van der Waals surface area contributed by atoms with Crippen molar-refractivity contribution in [3.05, 3.63) is 51.2 Å². The molecule has 0 N–H and O–H groups in total. The average Bonchev–Trinajstić information content (AvgIpc) is 2.49. The van der Waals surface area contributed by atoms with Crippen LogP contribution in [0.25, 0.3) is 0 Å². The number of ether oxygens (including phenoxy) is 1. The summed E-state index contributed by atoms with van der Waals surface area (Å²) in [5.74, 6) is -3.85. The van der Waals surface area contributed by atoms with E-state index in [0.717, 1.165) is 12.1 Å². The van der Waals surface area contributed by atoms with E-state index in [0.29, 0.717) is 6.07 Å². The molecule has 0 saturated heterocycles. The molecule has 0 aliphatic carbocycles. The maximum Gasteiger partial charge on any atom is 0.341 e. The minimum atomic E-state index is -4.95. The first kappa shape index (κ1) is 17.2. The second-order valence-electron chi connectivity index (χ2n) is 4.09. The van der Waals surface area contributed by atoms with Crippen LogP contribution >= 0.6 is 15.9 Å². The van der Waals surface area contributed by atoms with Crippen molar-refractivity contribution in [2.45, 2.75) is 10.7 Å². The third kappa shape index (κ3) is 3.62. The number of hydrogen-bond donors (Lipinski definition) is 0. The van der Waals surface area contributed by atoms with Crippen LogP contribution in [-0.2, 0) is 9.84 Å². The first-order chi connectivity index (χ1) is 10.7. The summed E-state index contributed by atoms with van der Waals surface area (Å²) in [5.41, 5.74) is -0.762. The summed E-state index contributed by atoms with van der Waals surface area (Å²) in [7, 11) is -4.95. The smallest absolute Gasteiger partial charge is 0.341 e. The molecule has 1 heterocycles. The molecule has 0 amide bonds. The quantitative estimate of drug-likeness (QED) is 0.426. The van der Waals surface area contributed by atoms with Gasteiger partial charge in [0.05, 0.1) is 9.82 Å². The molecule has 0 radical (unpaired) electrons. The second kappa shape index (κ2) is 6.54. The van der Waals surface area contributed by atoms with Gasteiger partial charge in [-0.15, -0.1) is 0 Å². The second-order valence-corrected chi connectivity index (χ2v) is 6.76. The molecule has 2 rings (SSSR count). The zero-order chi connectivity index (χ0) is 17.2. The van der Waals surface area contributed by atoms with E-state index in [-0.39, 0.29) is 16.1 Å². The fourth-order valence-electron chi connectivity index (χ4n) is 1.57. The third-order valence-corrected chi connectivity index (χ3v) is 4.61. The van der Waals surface area contributed by atoms with Gasteiger partial charge in [-0.3, -0.25) is 10.1 Å². The highest BCUT2D eigenvalue weighted by atomic mass is 79.9. The van der Waals surface area contributed by atoms with E-state index in [1.807, 2.05) is 0 Å². The summed E-state index contributed by atoms with van der Waals surface area (Å²) in [6.45, 7) is 0. The Morgan fingerprint density at radius 2 is 1.96 bits per heavy atom. The molecular weight excluding hydrogens is 402 g/mol. The lowest BCUT2D eigenvalue weighted by Crippen LogP contribution is -2.11. The van der Waals surface area contributed by atoms with Crippen molar-refractivity contribution in [1.82, 2.24) is 4.98 Å². The maximum absolute atomic E-state index is 12.5. The molecule has 0 spiro atoms. The average molecular weight is 409 g/mol. The van der Waals surface area contributed by atoms with E-state index in [1.54, 1.807) is 0 Å². The van der Waals surface area contributed by atoms with Gasteiger partial charge < -0.3 is 4.74 Å². The fraction of sp³-hybridized carbons (Fsp3) is 0.0833. The van der Waals surface area contributed by atoms with Crippen molar-refractivity contribution in [2.75, 3.05) is 0 Å². The predicted molar refractivity (Wildman–Crippen MR) is 78.3 cm³/mol. The number of aromatic nitrogens is 1. The van der Waals surface area contributed by atoms with Crippen molar-refractivity contribution in [1.29, 1.82) is 0 Å². The van der Waals surface area contributed by atoms with Crippen LogP contribution in [-0.4, -0.2) is 24.1 Å². The molecule has 0 fully saturated rings. The number of benzene rings is 1. The van der Waals surface area contributed by atoms with Gasteiger partial charge in [0.25, 0.3) is 0 Å². The largest absolute Gasteiger partial charge is 0.447 e. The standard InChI is InChI=1S/C12H7BrF2N2O5S/c13-11-10(2-1-5-16-11)22-9-4-3-7(6-8(9)17(18)19)23(20,21)12(14)15/h1-6,12H. The maximum atomic E-state index is 12.5. The monoisotopic (exact) mass is 408 g/mol. The van der Waals surface area contributed by atoms with Crippen molar-refractivity contribution < 1.29 is 26.9 Å². The summed E-state index contributed by atoms with van der Waals surface area (Å²) in [6, 6.07) is 5.26. The topological polar surface area (TPSA) is 99.4 Å². The molecule has 11 heteroatoms. The van der Waals surface area contributed by atoms with E-state index in [9.17, 15) is 27.3 Å². The number of alkyl halides is 2. The van der Waals surface area contributed by atoms with Crippen LogP contribution in [0.15, 0.2) is 46.0 Å². The van der Waals surface area contributed by atoms with Crippen molar-refractivity contribution in [2.24, 2.45) is 0 Å². The van der Waals surface area contributed by atoms with Crippen LogP contribution in [0.5, 0.6) is 11.5 Å². The highest BCUT2D eigenvalue weighted by Gasteiger charge is 2.30. The number of hydrogen-bond acceptors (Lipinski definition) is 6. The van der Waals surface area contributed by atoms with Gasteiger partial charge in [0.15, 0.2) is 5.75 Å². The molecule has 1 aromatic carbocycles. The zero-order valence-corrected chi connectivity index (χ0v) is 13.4. The van der Waals surface area contributed by atoms with Gasteiger partial charge in [-0.05, 0) is 40.2 Å². The van der Waals surface area contributed by atoms with Gasteiger partial charge in [-0.25, -0.2) is 13.4 Å². The molecule has 0 aliphatic heterocycles. The van der Waals surface area contributed by atoms with E-state index >= 15 is 0 Å². The Morgan fingerprint density at radius 3 is 2.52 bits per heavy atom. The normalized spacial score (nSPS) is 11.5. The Kier molecular flexibility index (Phi) is 4.90. The van der Waals surface area contributed by atoms with Crippen molar-refractivity contribution >= 4 is 31.5 Å². The Morgan fingerprint density at radius 1 is 1.26 bits per heavy atom. The highest BCUT2D eigenvalue weighted by Crippen LogP contribution is 2.36. The number of sulfone groups is 1. The lowest BCUT2D eigenvalue weighted by atomic mass is 10.3. The van der Waals surface area contributed by atoms with E-state index in [2.05, 4.69) is 20.9 Å². The van der Waals surface area contributed by atoms with Crippen LogP contribution < -0.4 is 4.74 Å². The molecule has 0 atom stereocenters. The van der Waals surface area contributed by atoms with Gasteiger partial charge >= 0.3 is 11.4 Å². The molecule has 7 nitrogen and oxygen atoms in total. The summed E-state index contributed by atoms with van der Waals surface area (Å²) in [5, 5.41) is 11.1. The van der Waals surface area contributed by atoms with Crippen molar-refractivity contribution in [3.8, 4) is 11.5 Å². The summed E-state index contributed by atoms with van der Waals surface area (Å²) >= 11 is 3.08. The number of rotatable bonds is 5. The van der Waals surface area contributed by atoms with Gasteiger partial charge in [0.1, 0.15) is 4.60 Å². The fourth-order valence-corrected chi connectivity index (χ4v) is 2.64. The van der Waals surface area contributed by atoms with Gasteiger partial charge in [-0.1, -0.05) is 0 Å². The lowest BCUT2D eigenvalue weighted by Gasteiger charge is -2.09. The van der Waals surface area contributed by atoms with E-state index in [1.165, 1.54) is 18.3 Å². The summed E-state index contributed by atoms with van der Waals surface area (Å²) in [6.07, 6.45) is 1.45. The minimum Gasteiger partial charge on any atom is -0.447 e. The van der Waals surface area contributed by atoms with Crippen LogP contribution in [0, 0.1) is 10.1 Å². The lowest BCUT2D eigenvalue weighted by molar-refractivity contribution is -0.385. The van der Waals surface area contributed by atoms with Gasteiger partial charge in [-0.2, -0.15) is 8.78 Å². The number of nitro groups is 1. The summed E-state index contributed by atoms with van der Waals surface area (Å²) in [4.78, 5) is 13.1. The molecule has 0 aliphatic rings. The van der Waals surface area contributed by atoms with Crippen LogP contribution in [0.4, 0.5) is 14.5 Å². The Hall–Kier alpha value is -2.14. The molecule has 23 heavy (non-hydrogen) atoms. The molecule has 0 saturated carbocycles. The Labute approximate surface area is 137 Å². The third-order valence-electron chi connectivity index (χ3n) is 2.63. The first-order valence-corrected chi connectivity index (χ1v) is 8.16. The molecule has 0 bridgehead atoms. The number of pyridine rings is 1. The predicted octanol–water partition coefficient (Wildman–Crippen LogP) is 3.54. The van der Waals surface area contributed by atoms with E-state index < -0.39 is 31.1 Å². The number of nitrogens with zero attached hydrogens (tertiary/aromatic N) is 2. The minimum absolute atomic E-state index is 0.139. The Balaban J connectivity index is 2.50. The first-order valence-electron chi connectivity index (χ1n) is 5.82. The highest BCUT2D eigenvalue weighted by molar-refractivity contribution is 9.10. The van der Waals surface area contributed by atoms with Gasteiger partial charge in [0.2, 0.25) is 15.6 Å². The molecule has 2 aromatic rings. The molecule has 122 valence electrons. The number of halogens is 3. The SMILES string of the molecule is O=[N+]([O-])c1cc(S(=O)(=O)C(F)F)ccc1Oc1cccnc1Br. The van der Waals surface area contributed by atoms with Crippen LogP contribution in [0.1, 0.15) is 0 Å². The molecule has 1 aromatic heterocycles. The van der Waals surface area contributed by atoms with Crippen LogP contribution in [0.2, 0.25) is 0 Å². The van der Waals surface area contributed by atoms with Crippen molar-refractivity contribution in [3.63, 3.8) is 0 Å². The Bertz CT molecular complexity index is 860. The summed E-state index contributed by atoms with van der Waals surface area (Å²) < 4.78 is 53.4. The number of nitro benzene ring substituents is 1. The molecular formula is C12H7BrF2N2O5S. The van der Waals surface area contributed by atoms with Crippen LogP contribution in [0.3, 0.4) is 0 Å².